The van der Waals surface area contributed by atoms with Crippen LogP contribution in [0.15, 0.2) is 34.5 Å². The molecule has 1 saturated heterocycles. The first-order valence-electron chi connectivity index (χ1n) is 7.96. The first-order valence-corrected chi connectivity index (χ1v) is 8.94. The second kappa shape index (κ2) is 6.40. The number of nitrogens with zero attached hydrogens (tertiary/aromatic N) is 2. The number of benzene rings is 1. The van der Waals surface area contributed by atoms with Gasteiger partial charge in [0.25, 0.3) is 0 Å². The van der Waals surface area contributed by atoms with Crippen LogP contribution < -0.4 is 0 Å². The summed E-state index contributed by atoms with van der Waals surface area (Å²) in [5.41, 5.74) is 5.03. The summed E-state index contributed by atoms with van der Waals surface area (Å²) in [6.07, 6.45) is 0. The molecule has 1 fully saturated rings. The van der Waals surface area contributed by atoms with E-state index in [-0.39, 0.29) is 12.0 Å². The lowest BCUT2D eigenvalue weighted by atomic mass is 9.91. The van der Waals surface area contributed by atoms with Crippen molar-refractivity contribution in [3.63, 3.8) is 0 Å². The molecule has 5 heteroatoms. The molecule has 122 valence electrons. The second-order valence-corrected chi connectivity index (χ2v) is 6.98. The Bertz CT molecular complexity index is 709. The van der Waals surface area contributed by atoms with Crippen molar-refractivity contribution in [3.8, 4) is 0 Å². The van der Waals surface area contributed by atoms with E-state index in [1.54, 1.807) is 11.8 Å². The maximum atomic E-state index is 12.6. The predicted molar refractivity (Wildman–Crippen MR) is 94.6 cm³/mol. The number of carbonyl (C=O) groups excluding carboxylic acids is 1. The van der Waals surface area contributed by atoms with Crippen molar-refractivity contribution in [2.75, 3.05) is 18.9 Å². The first kappa shape index (κ1) is 16.1. The van der Waals surface area contributed by atoms with E-state index >= 15 is 0 Å². The van der Waals surface area contributed by atoms with Gasteiger partial charge in [-0.2, -0.15) is 0 Å². The first-order chi connectivity index (χ1) is 11.0. The lowest BCUT2D eigenvalue weighted by Crippen LogP contribution is -2.37. The minimum atomic E-state index is -0.255. The standard InChI is InChI=1S/C18H22N2O2S/c1-5-22-17(21)15-13(4)19-18-20(8-9-23-18)16(15)14-7-6-11(2)10-12(14)3/h6-7,10,16H,5,8-9H2,1-4H3. The number of thioether (sulfide) groups is 1. The third-order valence-corrected chi connectivity index (χ3v) is 5.23. The van der Waals surface area contributed by atoms with Gasteiger partial charge in [-0.1, -0.05) is 35.5 Å². The van der Waals surface area contributed by atoms with Crippen LogP contribution in [-0.2, 0) is 9.53 Å². The SMILES string of the molecule is CCOC(=O)C1=C(C)N=C2SCCN2C1c1ccc(C)cc1C. The number of ether oxygens (including phenoxy) is 1. The molecule has 2 aliphatic rings. The Kier molecular flexibility index (Phi) is 4.48. The number of esters is 1. The number of carbonyl (C=O) groups is 1. The summed E-state index contributed by atoms with van der Waals surface area (Å²) in [7, 11) is 0. The Morgan fingerprint density at radius 2 is 2.17 bits per heavy atom. The van der Waals surface area contributed by atoms with Gasteiger partial charge in [-0.15, -0.1) is 0 Å². The number of aliphatic imine (C=N–C) groups is 1. The molecule has 0 N–H and O–H groups in total. The highest BCUT2D eigenvalue weighted by atomic mass is 32.2. The maximum absolute atomic E-state index is 12.6. The molecule has 0 spiro atoms. The molecule has 0 aromatic heterocycles. The van der Waals surface area contributed by atoms with Crippen LogP contribution >= 0.6 is 11.8 Å². The highest BCUT2D eigenvalue weighted by Gasteiger charge is 2.39. The van der Waals surface area contributed by atoms with Crippen LogP contribution in [0, 0.1) is 13.8 Å². The zero-order chi connectivity index (χ0) is 16.6. The molecule has 0 radical (unpaired) electrons. The Morgan fingerprint density at radius 1 is 1.39 bits per heavy atom. The van der Waals surface area contributed by atoms with Crippen LogP contribution in [0.3, 0.4) is 0 Å². The monoisotopic (exact) mass is 330 g/mol. The normalized spacial score (nSPS) is 20.4. The molecule has 4 nitrogen and oxygen atoms in total. The van der Waals surface area contributed by atoms with Gasteiger partial charge in [0, 0.05) is 12.3 Å². The van der Waals surface area contributed by atoms with Gasteiger partial charge in [0.2, 0.25) is 0 Å². The number of allylic oxidation sites excluding steroid dienone is 1. The summed E-state index contributed by atoms with van der Waals surface area (Å²) in [6, 6.07) is 6.31. The fourth-order valence-electron chi connectivity index (χ4n) is 3.23. The number of aryl methyl sites for hydroxylation is 2. The van der Waals surface area contributed by atoms with Crippen LogP contribution in [0.2, 0.25) is 0 Å². The van der Waals surface area contributed by atoms with Gasteiger partial charge in [0.15, 0.2) is 5.17 Å². The smallest absolute Gasteiger partial charge is 0.338 e. The van der Waals surface area contributed by atoms with E-state index in [0.717, 1.165) is 28.7 Å². The summed E-state index contributed by atoms with van der Waals surface area (Å²) in [4.78, 5) is 19.5. The van der Waals surface area contributed by atoms with Gasteiger partial charge in [-0.05, 0) is 38.8 Å². The Balaban J connectivity index is 2.13. The minimum Gasteiger partial charge on any atom is -0.463 e. The predicted octanol–water partition coefficient (Wildman–Crippen LogP) is 3.60. The van der Waals surface area contributed by atoms with Crippen molar-refractivity contribution < 1.29 is 9.53 Å². The molecule has 1 aromatic rings. The maximum Gasteiger partial charge on any atom is 0.338 e. The van der Waals surface area contributed by atoms with Gasteiger partial charge in [-0.3, -0.25) is 0 Å². The number of amidine groups is 1. The van der Waals surface area contributed by atoms with Crippen molar-refractivity contribution >= 4 is 22.9 Å². The molecule has 1 aromatic carbocycles. The molecular formula is C18H22N2O2S. The quantitative estimate of drug-likeness (QED) is 0.794. The van der Waals surface area contributed by atoms with Crippen molar-refractivity contribution in [2.45, 2.75) is 33.7 Å². The highest BCUT2D eigenvalue weighted by Crippen LogP contribution is 2.41. The zero-order valence-corrected chi connectivity index (χ0v) is 14.9. The van der Waals surface area contributed by atoms with Gasteiger partial charge in [0.1, 0.15) is 0 Å². The van der Waals surface area contributed by atoms with Crippen LogP contribution in [0.5, 0.6) is 0 Å². The van der Waals surface area contributed by atoms with E-state index in [1.165, 1.54) is 11.1 Å². The third kappa shape index (κ3) is 2.90. The van der Waals surface area contributed by atoms with Crippen molar-refractivity contribution in [2.24, 2.45) is 4.99 Å². The van der Waals surface area contributed by atoms with Crippen LogP contribution in [-0.4, -0.2) is 34.9 Å². The summed E-state index contributed by atoms with van der Waals surface area (Å²) in [5, 5.41) is 1.01. The molecule has 0 bridgehead atoms. The average Bonchev–Trinajstić information content (AvgIpc) is 2.94. The molecule has 2 heterocycles. The molecule has 1 atom stereocenters. The minimum absolute atomic E-state index is 0.0999. The van der Waals surface area contributed by atoms with Crippen molar-refractivity contribution in [1.29, 1.82) is 0 Å². The third-order valence-electron chi connectivity index (χ3n) is 4.26. The number of hydrogen-bond donors (Lipinski definition) is 0. The average molecular weight is 330 g/mol. The number of hydrogen-bond acceptors (Lipinski definition) is 5. The molecule has 23 heavy (non-hydrogen) atoms. The van der Waals surface area contributed by atoms with Crippen LogP contribution in [0.25, 0.3) is 0 Å². The Morgan fingerprint density at radius 3 is 2.87 bits per heavy atom. The summed E-state index contributed by atoms with van der Waals surface area (Å²) < 4.78 is 5.32. The van der Waals surface area contributed by atoms with Crippen molar-refractivity contribution in [3.05, 3.63) is 46.2 Å². The Labute approximate surface area is 141 Å². The van der Waals surface area contributed by atoms with Crippen LogP contribution in [0.1, 0.15) is 36.6 Å². The molecule has 0 aliphatic carbocycles. The van der Waals surface area contributed by atoms with Gasteiger partial charge >= 0.3 is 5.97 Å². The molecule has 0 amide bonds. The van der Waals surface area contributed by atoms with E-state index in [4.69, 9.17) is 4.74 Å². The molecule has 0 saturated carbocycles. The second-order valence-electron chi connectivity index (χ2n) is 5.92. The zero-order valence-electron chi connectivity index (χ0n) is 14.0. The Hall–Kier alpha value is -1.75. The van der Waals surface area contributed by atoms with Crippen LogP contribution in [0.4, 0.5) is 0 Å². The fourth-order valence-corrected chi connectivity index (χ4v) is 4.27. The lowest BCUT2D eigenvalue weighted by Gasteiger charge is -2.35. The highest BCUT2D eigenvalue weighted by molar-refractivity contribution is 8.14. The summed E-state index contributed by atoms with van der Waals surface area (Å²) >= 11 is 1.75. The molecular weight excluding hydrogens is 308 g/mol. The fraction of sp³-hybridized carbons (Fsp3) is 0.444. The topological polar surface area (TPSA) is 41.9 Å². The molecule has 2 aliphatic heterocycles. The summed E-state index contributed by atoms with van der Waals surface area (Å²) in [5.74, 6) is 0.749. The lowest BCUT2D eigenvalue weighted by molar-refractivity contribution is -0.139. The van der Waals surface area contributed by atoms with Gasteiger partial charge in [0.05, 0.1) is 23.9 Å². The van der Waals surface area contributed by atoms with Crippen molar-refractivity contribution in [1.82, 2.24) is 4.90 Å². The van der Waals surface area contributed by atoms with E-state index < -0.39 is 0 Å². The molecule has 1 unspecified atom stereocenters. The number of rotatable bonds is 3. The van der Waals surface area contributed by atoms with E-state index in [9.17, 15) is 4.79 Å². The van der Waals surface area contributed by atoms with E-state index in [0.29, 0.717) is 12.2 Å². The molecule has 3 rings (SSSR count). The number of fused-ring (bicyclic) bond motifs is 1. The van der Waals surface area contributed by atoms with Gasteiger partial charge < -0.3 is 9.64 Å². The summed E-state index contributed by atoms with van der Waals surface area (Å²) in [6.45, 7) is 9.21. The van der Waals surface area contributed by atoms with Gasteiger partial charge in [-0.25, -0.2) is 9.79 Å². The largest absolute Gasteiger partial charge is 0.463 e. The van der Waals surface area contributed by atoms with E-state index in [1.807, 2.05) is 13.8 Å². The van der Waals surface area contributed by atoms with E-state index in [2.05, 4.69) is 41.9 Å².